The van der Waals surface area contributed by atoms with Crippen LogP contribution in [0.15, 0.2) is 35.2 Å². The highest BCUT2D eigenvalue weighted by Crippen LogP contribution is 2.21. The third kappa shape index (κ3) is 8.63. The first-order valence-corrected chi connectivity index (χ1v) is 8.26. The van der Waals surface area contributed by atoms with Crippen LogP contribution in [0, 0.1) is 5.92 Å². The van der Waals surface area contributed by atoms with E-state index in [-0.39, 0.29) is 18.1 Å². The van der Waals surface area contributed by atoms with E-state index in [1.807, 2.05) is 25.1 Å². The predicted molar refractivity (Wildman–Crippen MR) is 88.6 cm³/mol. The van der Waals surface area contributed by atoms with Gasteiger partial charge in [-0.05, 0) is 31.4 Å². The largest absolute Gasteiger partial charge is 0.393 e. The van der Waals surface area contributed by atoms with Gasteiger partial charge in [0.15, 0.2) is 0 Å². The summed E-state index contributed by atoms with van der Waals surface area (Å²) < 4.78 is 0. The van der Waals surface area contributed by atoms with Gasteiger partial charge in [0.25, 0.3) is 0 Å². The normalized spacial score (nSPS) is 15.0. The molecule has 0 saturated carbocycles. The maximum atomic E-state index is 11.7. The van der Waals surface area contributed by atoms with E-state index in [9.17, 15) is 9.90 Å². The Morgan fingerprint density at radius 1 is 1.14 bits per heavy atom. The molecule has 3 atom stereocenters. The van der Waals surface area contributed by atoms with Crippen LogP contribution in [0.3, 0.4) is 0 Å². The van der Waals surface area contributed by atoms with E-state index in [4.69, 9.17) is 0 Å². The molecule has 0 fully saturated rings. The Morgan fingerprint density at radius 3 is 2.38 bits per heavy atom. The second-order valence-corrected chi connectivity index (χ2v) is 7.03. The quantitative estimate of drug-likeness (QED) is 0.647. The minimum absolute atomic E-state index is 0.145. The molecule has 1 aromatic rings. The molecule has 5 heteroatoms. The number of carbonyl (C=O) groups is 1. The number of hydrogen-bond acceptors (Lipinski definition) is 3. The molecule has 0 heterocycles. The van der Waals surface area contributed by atoms with E-state index in [1.165, 1.54) is 4.90 Å². The smallest absolute Gasteiger partial charge is 0.314 e. The second kappa shape index (κ2) is 9.68. The molecule has 4 nitrogen and oxygen atoms in total. The standard InChI is InChI=1S/C16H26N2O2S/c1-12(9-13(2)19)10-17-16(20)18-11-14(3)21-15-7-5-4-6-8-15/h4-8,12-14,19H,9-11H2,1-3H3,(H2,17,18,20). The van der Waals surface area contributed by atoms with Crippen LogP contribution in [0.5, 0.6) is 0 Å². The summed E-state index contributed by atoms with van der Waals surface area (Å²) in [6.07, 6.45) is 0.368. The van der Waals surface area contributed by atoms with E-state index < -0.39 is 0 Å². The number of hydrogen-bond donors (Lipinski definition) is 3. The van der Waals surface area contributed by atoms with Crippen molar-refractivity contribution < 1.29 is 9.90 Å². The lowest BCUT2D eigenvalue weighted by Crippen LogP contribution is -2.40. The van der Waals surface area contributed by atoms with Crippen molar-refractivity contribution in [2.24, 2.45) is 5.92 Å². The highest BCUT2D eigenvalue weighted by Gasteiger charge is 2.09. The number of nitrogens with one attached hydrogen (secondary N) is 2. The van der Waals surface area contributed by atoms with Crippen molar-refractivity contribution in [3.8, 4) is 0 Å². The lowest BCUT2D eigenvalue weighted by molar-refractivity contribution is 0.163. The average Bonchev–Trinajstić information content (AvgIpc) is 2.43. The van der Waals surface area contributed by atoms with Crippen LogP contribution in [-0.4, -0.2) is 35.6 Å². The van der Waals surface area contributed by atoms with Crippen LogP contribution in [0.1, 0.15) is 27.2 Å². The summed E-state index contributed by atoms with van der Waals surface area (Å²) in [4.78, 5) is 12.9. The van der Waals surface area contributed by atoms with Gasteiger partial charge in [-0.15, -0.1) is 11.8 Å². The highest BCUT2D eigenvalue weighted by molar-refractivity contribution is 8.00. The molecule has 0 aromatic heterocycles. The molecule has 1 rings (SSSR count). The predicted octanol–water partition coefficient (Wildman–Crippen LogP) is 2.87. The van der Waals surface area contributed by atoms with Crippen LogP contribution in [0.4, 0.5) is 4.79 Å². The Balaban J connectivity index is 2.17. The van der Waals surface area contributed by atoms with E-state index in [2.05, 4.69) is 29.7 Å². The van der Waals surface area contributed by atoms with Crippen molar-refractivity contribution in [3.05, 3.63) is 30.3 Å². The zero-order valence-electron chi connectivity index (χ0n) is 13.0. The minimum atomic E-state index is -0.327. The molecule has 21 heavy (non-hydrogen) atoms. The van der Waals surface area contributed by atoms with Gasteiger partial charge in [0.1, 0.15) is 0 Å². The van der Waals surface area contributed by atoms with Crippen molar-refractivity contribution in [1.82, 2.24) is 10.6 Å². The van der Waals surface area contributed by atoms with Crippen LogP contribution < -0.4 is 10.6 Å². The molecule has 3 unspecified atom stereocenters. The molecule has 118 valence electrons. The van der Waals surface area contributed by atoms with Crippen molar-refractivity contribution in [1.29, 1.82) is 0 Å². The number of benzene rings is 1. The minimum Gasteiger partial charge on any atom is -0.393 e. The Labute approximate surface area is 131 Å². The van der Waals surface area contributed by atoms with Crippen LogP contribution in [0.25, 0.3) is 0 Å². The fourth-order valence-corrected chi connectivity index (χ4v) is 2.95. The zero-order valence-corrected chi connectivity index (χ0v) is 13.8. The fourth-order valence-electron chi connectivity index (χ4n) is 2.00. The van der Waals surface area contributed by atoms with Crippen LogP contribution in [-0.2, 0) is 0 Å². The Hall–Kier alpha value is -1.20. The van der Waals surface area contributed by atoms with Gasteiger partial charge in [-0.3, -0.25) is 0 Å². The molecular formula is C16H26N2O2S. The summed E-state index contributed by atoms with van der Waals surface area (Å²) in [5.74, 6) is 0.270. The molecule has 0 aliphatic carbocycles. The number of thioether (sulfide) groups is 1. The summed E-state index contributed by atoms with van der Waals surface area (Å²) >= 11 is 1.74. The summed E-state index contributed by atoms with van der Waals surface area (Å²) in [5.41, 5.74) is 0. The van der Waals surface area contributed by atoms with Gasteiger partial charge in [-0.25, -0.2) is 4.79 Å². The molecular weight excluding hydrogens is 284 g/mol. The number of aliphatic hydroxyl groups excluding tert-OH is 1. The van der Waals surface area contributed by atoms with E-state index in [1.54, 1.807) is 18.7 Å². The monoisotopic (exact) mass is 310 g/mol. The molecule has 0 aliphatic heterocycles. The number of aliphatic hydroxyl groups is 1. The van der Waals surface area contributed by atoms with Crippen molar-refractivity contribution in [3.63, 3.8) is 0 Å². The maximum absolute atomic E-state index is 11.7. The maximum Gasteiger partial charge on any atom is 0.314 e. The zero-order chi connectivity index (χ0) is 15.7. The first-order valence-electron chi connectivity index (χ1n) is 7.38. The summed E-state index contributed by atoms with van der Waals surface area (Å²) in [6.45, 7) is 7.07. The van der Waals surface area contributed by atoms with Gasteiger partial charge in [0.05, 0.1) is 6.10 Å². The van der Waals surface area contributed by atoms with Gasteiger partial charge in [0, 0.05) is 23.2 Å². The van der Waals surface area contributed by atoms with Crippen molar-refractivity contribution in [2.75, 3.05) is 13.1 Å². The molecule has 0 aliphatic rings. The Morgan fingerprint density at radius 2 is 1.76 bits per heavy atom. The third-order valence-electron chi connectivity index (χ3n) is 2.99. The van der Waals surface area contributed by atoms with E-state index in [0.29, 0.717) is 24.8 Å². The first kappa shape index (κ1) is 17.9. The lowest BCUT2D eigenvalue weighted by Gasteiger charge is -2.16. The Kier molecular flexibility index (Phi) is 8.23. The first-order chi connectivity index (χ1) is 9.97. The molecule has 0 bridgehead atoms. The van der Waals surface area contributed by atoms with Gasteiger partial charge in [0.2, 0.25) is 0 Å². The highest BCUT2D eigenvalue weighted by atomic mass is 32.2. The topological polar surface area (TPSA) is 61.4 Å². The number of urea groups is 1. The number of amides is 2. The van der Waals surface area contributed by atoms with Gasteiger partial charge >= 0.3 is 6.03 Å². The number of rotatable bonds is 8. The molecule has 2 amide bonds. The lowest BCUT2D eigenvalue weighted by atomic mass is 10.1. The van der Waals surface area contributed by atoms with Gasteiger partial charge in [-0.1, -0.05) is 32.0 Å². The summed E-state index contributed by atoms with van der Waals surface area (Å²) in [6, 6.07) is 10.0. The summed E-state index contributed by atoms with van der Waals surface area (Å²) in [7, 11) is 0. The fraction of sp³-hybridized carbons (Fsp3) is 0.562. The summed E-state index contributed by atoms with van der Waals surface area (Å²) in [5, 5.41) is 15.3. The third-order valence-corrected chi connectivity index (χ3v) is 4.10. The van der Waals surface area contributed by atoms with Crippen molar-refractivity contribution >= 4 is 17.8 Å². The Bertz CT molecular complexity index is 412. The molecule has 1 aromatic carbocycles. The number of carbonyl (C=O) groups excluding carboxylic acids is 1. The van der Waals surface area contributed by atoms with Gasteiger partial charge in [-0.2, -0.15) is 0 Å². The molecule has 0 saturated heterocycles. The van der Waals surface area contributed by atoms with Crippen LogP contribution >= 0.6 is 11.8 Å². The average molecular weight is 310 g/mol. The second-order valence-electron chi connectivity index (χ2n) is 5.52. The molecule has 0 spiro atoms. The van der Waals surface area contributed by atoms with Crippen molar-refractivity contribution in [2.45, 2.75) is 43.4 Å². The molecule has 3 N–H and O–H groups in total. The van der Waals surface area contributed by atoms with Crippen LogP contribution in [0.2, 0.25) is 0 Å². The van der Waals surface area contributed by atoms with E-state index >= 15 is 0 Å². The molecule has 0 radical (unpaired) electrons. The van der Waals surface area contributed by atoms with Gasteiger partial charge < -0.3 is 15.7 Å². The van der Waals surface area contributed by atoms with E-state index in [0.717, 1.165) is 0 Å². The SMILES string of the molecule is CC(O)CC(C)CNC(=O)NCC(C)Sc1ccccc1.